The lowest BCUT2D eigenvalue weighted by molar-refractivity contribution is -0.959. The summed E-state index contributed by atoms with van der Waals surface area (Å²) < 4.78 is 27.6. The van der Waals surface area contributed by atoms with Crippen LogP contribution in [-0.4, -0.2) is 95.3 Å². The van der Waals surface area contributed by atoms with Gasteiger partial charge in [-0.05, 0) is 36.1 Å². The summed E-state index contributed by atoms with van der Waals surface area (Å²) in [7, 11) is 3.88. The zero-order valence-corrected chi connectivity index (χ0v) is 21.3. The molecule has 2 fully saturated rings. The van der Waals surface area contributed by atoms with Gasteiger partial charge in [0.1, 0.15) is 12.4 Å². The Balaban J connectivity index is 1.24. The quantitative estimate of drug-likeness (QED) is 0.258. The average molecular weight is 493 g/mol. The highest BCUT2D eigenvalue weighted by Gasteiger charge is 2.59. The van der Waals surface area contributed by atoms with E-state index in [2.05, 4.69) is 13.1 Å². The lowest BCUT2D eigenvalue weighted by Crippen LogP contribution is -2.69. The van der Waals surface area contributed by atoms with E-state index < -0.39 is 0 Å². The number of quaternary nitrogens is 1. The number of carbonyl (C=O) groups is 1. The van der Waals surface area contributed by atoms with Gasteiger partial charge >= 0.3 is 5.97 Å². The Hall–Kier alpha value is -1.71. The second-order valence-corrected chi connectivity index (χ2v) is 10.5. The standard InChI is InChI=1S/C27H41NO7/c1-28(20-35-26(30)19-34-16-15-33-14-13-32-12-11-31-2)10-9-27-8-4-3-5-23(27)25(28)17-21-6-7-22(29)18-24(21)27/h6-7,18,23,25H,3-5,8-17,19-20H2,1-2H3/p+1/t23-,25+,27+,28?/m1/s1. The van der Waals surface area contributed by atoms with Crippen LogP contribution in [0.15, 0.2) is 18.2 Å². The molecule has 8 nitrogen and oxygen atoms in total. The molecule has 1 saturated carbocycles. The number of nitrogens with zero attached hydrogens (tertiary/aromatic N) is 1. The molecule has 35 heavy (non-hydrogen) atoms. The summed E-state index contributed by atoms with van der Waals surface area (Å²) in [6.07, 6.45) is 6.95. The third-order valence-electron chi connectivity index (χ3n) is 8.41. The molecule has 0 amide bonds. The third-order valence-corrected chi connectivity index (χ3v) is 8.41. The van der Waals surface area contributed by atoms with Crippen molar-refractivity contribution in [3.05, 3.63) is 29.3 Å². The third kappa shape index (κ3) is 6.00. The molecule has 4 rings (SSSR count). The Morgan fingerprint density at radius 2 is 1.80 bits per heavy atom. The molecule has 0 radical (unpaired) electrons. The molecule has 8 heteroatoms. The SMILES string of the molecule is COCCOCCOCCOCC(=O)OC[N+]1(C)CC[C@@]23CCCC[C@@H]2[C@@H]1Cc1ccc(O)cc13. The van der Waals surface area contributed by atoms with Gasteiger partial charge in [-0.3, -0.25) is 4.48 Å². The molecule has 1 aliphatic heterocycles. The van der Waals surface area contributed by atoms with E-state index in [-0.39, 0.29) is 18.0 Å². The van der Waals surface area contributed by atoms with Crippen LogP contribution in [0.4, 0.5) is 0 Å². The molecule has 1 saturated heterocycles. The smallest absolute Gasteiger partial charge is 0.336 e. The highest BCUT2D eigenvalue weighted by molar-refractivity contribution is 5.70. The maximum atomic E-state index is 12.4. The van der Waals surface area contributed by atoms with E-state index in [0.29, 0.717) is 64.1 Å². The maximum absolute atomic E-state index is 12.4. The largest absolute Gasteiger partial charge is 0.508 e. The first-order chi connectivity index (χ1) is 17.0. The van der Waals surface area contributed by atoms with E-state index in [1.807, 2.05) is 12.1 Å². The molecule has 1 aromatic carbocycles. The van der Waals surface area contributed by atoms with Crippen molar-refractivity contribution in [1.29, 1.82) is 0 Å². The number of piperidine rings is 1. The summed E-state index contributed by atoms with van der Waals surface area (Å²) in [5.74, 6) is 0.613. The second kappa shape index (κ2) is 12.0. The second-order valence-electron chi connectivity index (χ2n) is 10.5. The van der Waals surface area contributed by atoms with Crippen LogP contribution in [0.5, 0.6) is 5.75 Å². The number of hydrogen-bond donors (Lipinski definition) is 1. The fourth-order valence-electron chi connectivity index (χ4n) is 6.61. The molecule has 196 valence electrons. The van der Waals surface area contributed by atoms with Crippen LogP contribution < -0.4 is 0 Å². The minimum absolute atomic E-state index is 0.0617. The summed E-state index contributed by atoms with van der Waals surface area (Å²) in [4.78, 5) is 12.4. The summed E-state index contributed by atoms with van der Waals surface area (Å²) >= 11 is 0. The summed E-state index contributed by atoms with van der Waals surface area (Å²) in [6, 6.07) is 6.37. The predicted molar refractivity (Wildman–Crippen MR) is 130 cm³/mol. The Morgan fingerprint density at radius 3 is 2.57 bits per heavy atom. The summed E-state index contributed by atoms with van der Waals surface area (Å²) in [5.41, 5.74) is 2.89. The predicted octanol–water partition coefficient (Wildman–Crippen LogP) is 2.79. The lowest BCUT2D eigenvalue weighted by atomic mass is 9.52. The van der Waals surface area contributed by atoms with Gasteiger partial charge < -0.3 is 28.8 Å². The zero-order chi connectivity index (χ0) is 24.7. The van der Waals surface area contributed by atoms with Crippen LogP contribution in [0, 0.1) is 5.92 Å². The Kier molecular flexibility index (Phi) is 9.05. The Bertz CT molecular complexity index is 849. The molecule has 3 aliphatic rings. The molecular formula is C27H42NO7+. The molecule has 0 spiro atoms. The van der Waals surface area contributed by atoms with Gasteiger partial charge in [0.05, 0.1) is 59.3 Å². The number of likely N-dealkylation sites (N-methyl/N-ethyl adjacent to an activating group) is 1. The van der Waals surface area contributed by atoms with Gasteiger partial charge in [-0.15, -0.1) is 0 Å². The number of phenols is 1. The molecule has 2 bridgehead atoms. The lowest BCUT2D eigenvalue weighted by Gasteiger charge is -2.60. The topological polar surface area (TPSA) is 83.5 Å². The van der Waals surface area contributed by atoms with Crippen molar-refractivity contribution in [3.63, 3.8) is 0 Å². The fraction of sp³-hybridized carbons (Fsp3) is 0.741. The summed E-state index contributed by atoms with van der Waals surface area (Å²) in [6.45, 7) is 4.17. The van der Waals surface area contributed by atoms with Crippen molar-refractivity contribution in [2.75, 3.05) is 73.7 Å². The van der Waals surface area contributed by atoms with E-state index in [9.17, 15) is 9.90 Å². The van der Waals surface area contributed by atoms with Gasteiger partial charge in [-0.25, -0.2) is 4.79 Å². The van der Waals surface area contributed by atoms with Crippen LogP contribution >= 0.6 is 0 Å². The maximum Gasteiger partial charge on any atom is 0.336 e. The number of benzene rings is 1. The number of hydrogen-bond acceptors (Lipinski definition) is 7. The molecule has 4 atom stereocenters. The van der Waals surface area contributed by atoms with Crippen molar-refractivity contribution in [2.24, 2.45) is 5.92 Å². The van der Waals surface area contributed by atoms with Gasteiger partial charge in [0.25, 0.3) is 0 Å². The highest BCUT2D eigenvalue weighted by Crippen LogP contribution is 2.57. The zero-order valence-electron chi connectivity index (χ0n) is 21.3. The van der Waals surface area contributed by atoms with E-state index in [1.54, 1.807) is 7.11 Å². The molecule has 2 aliphatic carbocycles. The number of esters is 1. The van der Waals surface area contributed by atoms with Gasteiger partial charge in [-0.1, -0.05) is 18.9 Å². The van der Waals surface area contributed by atoms with Crippen LogP contribution in [0.3, 0.4) is 0 Å². The first-order valence-electron chi connectivity index (χ1n) is 13.0. The molecule has 0 aromatic heterocycles. The van der Waals surface area contributed by atoms with Gasteiger partial charge in [0.15, 0.2) is 0 Å². The van der Waals surface area contributed by atoms with Gasteiger partial charge in [-0.2, -0.15) is 0 Å². The van der Waals surface area contributed by atoms with Crippen LogP contribution in [0.25, 0.3) is 0 Å². The minimum atomic E-state index is -0.325. The number of likely N-dealkylation sites (tertiary alicyclic amines) is 1. The minimum Gasteiger partial charge on any atom is -0.508 e. The number of ether oxygens (including phenoxy) is 5. The molecule has 1 heterocycles. The van der Waals surface area contributed by atoms with E-state index in [0.717, 1.165) is 23.9 Å². The number of carbonyl (C=O) groups excluding carboxylic acids is 1. The van der Waals surface area contributed by atoms with Crippen LogP contribution in [-0.2, 0) is 40.3 Å². The normalized spacial score (nSPS) is 29.3. The van der Waals surface area contributed by atoms with Crippen molar-refractivity contribution < 1.29 is 38.1 Å². The molecule has 1 aromatic rings. The van der Waals surface area contributed by atoms with Crippen molar-refractivity contribution in [1.82, 2.24) is 0 Å². The van der Waals surface area contributed by atoms with E-state index in [4.69, 9.17) is 23.7 Å². The molecular weight excluding hydrogens is 450 g/mol. The van der Waals surface area contributed by atoms with Gasteiger partial charge in [0, 0.05) is 31.3 Å². The summed E-state index contributed by atoms with van der Waals surface area (Å²) in [5, 5.41) is 10.2. The first-order valence-corrected chi connectivity index (χ1v) is 13.0. The average Bonchev–Trinajstić information content (AvgIpc) is 2.86. The van der Waals surface area contributed by atoms with E-state index in [1.165, 1.54) is 36.8 Å². The molecule has 1 unspecified atom stereocenters. The highest BCUT2D eigenvalue weighted by atomic mass is 16.6. The van der Waals surface area contributed by atoms with Crippen LogP contribution in [0.2, 0.25) is 0 Å². The first kappa shape index (κ1) is 26.4. The van der Waals surface area contributed by atoms with Crippen LogP contribution in [0.1, 0.15) is 43.2 Å². The number of rotatable bonds is 13. The fourth-order valence-corrected chi connectivity index (χ4v) is 6.61. The number of fused-ring (bicyclic) bond motifs is 1. The van der Waals surface area contributed by atoms with E-state index >= 15 is 0 Å². The number of phenolic OH excluding ortho intramolecular Hbond substituents is 1. The van der Waals surface area contributed by atoms with Crippen molar-refractivity contribution in [2.45, 2.75) is 50.0 Å². The van der Waals surface area contributed by atoms with Gasteiger partial charge in [0.2, 0.25) is 6.73 Å². The van der Waals surface area contributed by atoms with Crippen molar-refractivity contribution >= 4 is 5.97 Å². The number of aromatic hydroxyl groups is 1. The monoisotopic (exact) mass is 492 g/mol. The van der Waals surface area contributed by atoms with Crippen molar-refractivity contribution in [3.8, 4) is 5.75 Å². The Labute approximate surface area is 209 Å². The Morgan fingerprint density at radius 1 is 1.06 bits per heavy atom. The molecule has 1 N–H and O–H groups in total. The number of methoxy groups -OCH3 is 1.